The number of hydrogen-bond acceptors (Lipinski definition) is 8. The van der Waals surface area contributed by atoms with E-state index in [1.54, 1.807) is 15.6 Å². The van der Waals surface area contributed by atoms with Gasteiger partial charge in [0.15, 0.2) is 0 Å². The van der Waals surface area contributed by atoms with E-state index in [-0.39, 0.29) is 64.8 Å². The predicted molar refractivity (Wildman–Crippen MR) is 449 cm³/mol. The summed E-state index contributed by atoms with van der Waals surface area (Å²) in [4.78, 5) is 75.2. The van der Waals surface area contributed by atoms with Gasteiger partial charge in [0.2, 0.25) is 5.91 Å². The Hall–Kier alpha value is -10.5. The molecule has 2 unspecified atom stereocenters. The number of carbonyl (C=O) groups excluding carboxylic acids is 5. The third kappa shape index (κ3) is 19.2. The van der Waals surface area contributed by atoms with Crippen molar-refractivity contribution in [2.24, 2.45) is 14.1 Å². The number of hydrogen-bond donors (Lipinski definition) is 10. The number of halogens is 5. The van der Waals surface area contributed by atoms with Gasteiger partial charge in [-0.1, -0.05) is 181 Å². The normalized spacial score (nSPS) is 15.1. The predicted octanol–water partition coefficient (Wildman–Crippen LogP) is 19.6. The van der Waals surface area contributed by atoms with Crippen LogP contribution in [0.5, 0.6) is 0 Å². The molecule has 5 amide bonds. The van der Waals surface area contributed by atoms with Crippen molar-refractivity contribution in [1.29, 1.82) is 0 Å². The summed E-state index contributed by atoms with van der Waals surface area (Å²) in [5.74, 6) is -0.345. The molecule has 8 aromatic carbocycles. The summed E-state index contributed by atoms with van der Waals surface area (Å²) in [7, 11) is 3.76. The third-order valence-electron chi connectivity index (χ3n) is 20.1. The molecule has 0 saturated heterocycles. The van der Waals surface area contributed by atoms with Crippen molar-refractivity contribution >= 4 is 150 Å². The lowest BCUT2D eigenvalue weighted by molar-refractivity contribution is -0.122. The molecule has 2 fully saturated rings. The minimum atomic E-state index is -0.335. The largest absolute Gasteiger partial charge is 0.373 e. The fourth-order valence-electron chi connectivity index (χ4n) is 13.9. The van der Waals surface area contributed by atoms with E-state index < -0.39 is 0 Å². The van der Waals surface area contributed by atoms with Gasteiger partial charge in [-0.05, 0) is 184 Å². The third-order valence-corrected chi connectivity index (χ3v) is 22.0. The molecule has 0 bridgehead atoms. The molecule has 3 aliphatic rings. The molecular weight excluding hydrogens is 1620 g/mol. The second kappa shape index (κ2) is 34.6. The molecule has 24 heteroatoms. The Morgan fingerprint density at radius 2 is 0.845 bits per heavy atom. The van der Waals surface area contributed by atoms with E-state index in [9.17, 15) is 24.0 Å². The number of anilines is 1. The lowest BCUT2D eigenvalue weighted by Crippen LogP contribution is -2.47. The number of nitrogens with zero attached hydrogens (tertiary/aromatic N) is 4. The van der Waals surface area contributed by atoms with E-state index in [4.69, 9.17) is 23.2 Å². The number of nitrogens with one attached hydrogen (secondary N) is 10. The molecular formula is C86H83Br3Cl2N14O5. The van der Waals surface area contributed by atoms with Crippen LogP contribution in [-0.2, 0) is 36.4 Å². The number of aryl methyl sites for hydroxylation is 2. The van der Waals surface area contributed by atoms with Gasteiger partial charge in [0.1, 0.15) is 28.8 Å². The summed E-state index contributed by atoms with van der Waals surface area (Å²) in [6.45, 7) is 5.91. The van der Waals surface area contributed by atoms with E-state index in [0.717, 1.165) is 129 Å². The van der Waals surface area contributed by atoms with Gasteiger partial charge in [0.25, 0.3) is 23.6 Å². The summed E-state index contributed by atoms with van der Waals surface area (Å²) in [5, 5.41) is 32.5. The summed E-state index contributed by atoms with van der Waals surface area (Å²) < 4.78 is 6.51. The highest BCUT2D eigenvalue weighted by molar-refractivity contribution is 9.11. The van der Waals surface area contributed by atoms with Gasteiger partial charge in [-0.2, -0.15) is 10.2 Å². The number of H-pyrrole nitrogens is 4. The number of fused-ring (bicyclic) bond motifs is 5. The van der Waals surface area contributed by atoms with Crippen LogP contribution in [0.15, 0.2) is 244 Å². The fourth-order valence-corrected chi connectivity index (χ4v) is 15.4. The van der Waals surface area contributed by atoms with Crippen molar-refractivity contribution in [1.82, 2.24) is 66.1 Å². The number of benzene rings is 8. The molecule has 10 N–H and O–H groups in total. The van der Waals surface area contributed by atoms with Crippen LogP contribution < -0.4 is 31.9 Å². The van der Waals surface area contributed by atoms with Crippen molar-refractivity contribution < 1.29 is 24.0 Å². The SMILES string of the molecule is CC(NC(=O)c1cc2cc(Br)ccc2[nH]1)c1cnn(C)c1.C[C@@H](NC(=O)C1Cc2cc(Cl)ccc2N1)c1ccccc1.C[C@@H](NC(=O)c1cc2cc(Br)ccc2[nH]1)c1ccccc1.Cn1cc(C2(NC(=O)c3cc4cc(Cl)ccc4[nH]3)CCCCC2)cn1.O=C(NC1(c2ccccc2)CC1)c1cc2cc(Br)ccc2[nH]1. The van der Waals surface area contributed by atoms with Gasteiger partial charge in [-0.15, -0.1) is 0 Å². The van der Waals surface area contributed by atoms with Crippen molar-refractivity contribution in [3.63, 3.8) is 0 Å². The Balaban J connectivity index is 0.000000121. The Morgan fingerprint density at radius 3 is 1.31 bits per heavy atom. The quantitative estimate of drug-likeness (QED) is 0.0471. The molecule has 562 valence electrons. The van der Waals surface area contributed by atoms with E-state index in [1.165, 1.54) is 12.0 Å². The lowest BCUT2D eigenvalue weighted by Gasteiger charge is -2.37. The van der Waals surface area contributed by atoms with E-state index in [1.807, 2.05) is 248 Å². The van der Waals surface area contributed by atoms with Crippen molar-refractivity contribution in [2.75, 3.05) is 5.32 Å². The summed E-state index contributed by atoms with van der Waals surface area (Å²) in [6.07, 6.45) is 15.5. The maximum atomic E-state index is 13.0. The summed E-state index contributed by atoms with van der Waals surface area (Å²) in [6, 6.07) is 66.1. The van der Waals surface area contributed by atoms with Crippen LogP contribution >= 0.6 is 71.0 Å². The molecule has 17 rings (SSSR count). The smallest absolute Gasteiger partial charge is 0.268 e. The van der Waals surface area contributed by atoms with Crippen LogP contribution in [0.25, 0.3) is 43.6 Å². The molecule has 2 saturated carbocycles. The highest BCUT2D eigenvalue weighted by Crippen LogP contribution is 2.46. The molecule has 0 radical (unpaired) electrons. The molecule has 19 nitrogen and oxygen atoms in total. The zero-order valence-electron chi connectivity index (χ0n) is 61.1. The Bertz CT molecular complexity index is 5610. The average Bonchev–Trinajstić information content (AvgIpc) is 1.60. The fraction of sp³-hybridized carbons (Fsp3) is 0.221. The molecule has 7 heterocycles. The van der Waals surface area contributed by atoms with Crippen LogP contribution in [-0.4, -0.2) is 75.1 Å². The first kappa shape index (κ1) is 77.7. The van der Waals surface area contributed by atoms with Gasteiger partial charge in [0, 0.05) is 117 Å². The van der Waals surface area contributed by atoms with Crippen LogP contribution in [0.3, 0.4) is 0 Å². The highest BCUT2D eigenvalue weighted by atomic mass is 79.9. The number of carbonyl (C=O) groups is 5. The van der Waals surface area contributed by atoms with Crippen LogP contribution in [0.4, 0.5) is 5.69 Å². The Morgan fingerprint density at radius 1 is 0.436 bits per heavy atom. The van der Waals surface area contributed by atoms with Crippen LogP contribution in [0.1, 0.15) is 159 Å². The summed E-state index contributed by atoms with van der Waals surface area (Å²) >= 11 is 22.3. The van der Waals surface area contributed by atoms with Crippen LogP contribution in [0, 0.1) is 0 Å². The van der Waals surface area contributed by atoms with Crippen molar-refractivity contribution in [3.8, 4) is 0 Å². The van der Waals surface area contributed by atoms with E-state index in [2.05, 4.69) is 122 Å². The molecule has 14 aromatic rings. The molecule has 2 aliphatic carbocycles. The van der Waals surface area contributed by atoms with Gasteiger partial charge >= 0.3 is 0 Å². The van der Waals surface area contributed by atoms with Crippen molar-refractivity contribution in [3.05, 3.63) is 311 Å². The van der Waals surface area contributed by atoms with Gasteiger partial charge in [-0.25, -0.2) is 0 Å². The molecule has 110 heavy (non-hydrogen) atoms. The molecule has 4 atom stereocenters. The first-order valence-corrected chi connectivity index (χ1v) is 39.5. The van der Waals surface area contributed by atoms with Gasteiger partial charge in [0.05, 0.1) is 41.6 Å². The monoisotopic (exact) mass is 1700 g/mol. The average molecular weight is 1700 g/mol. The van der Waals surface area contributed by atoms with Crippen LogP contribution in [0.2, 0.25) is 10.0 Å². The molecule has 0 spiro atoms. The standard InChI is InChI=1S/C19H21ClN4O.C18H15BrN2O.C17H15BrN2O.C17H17ClN2O.C15H15BrN4O/c1-24-12-14(11-21-24)19(7-3-2-4-8-19)23-18(25)17-10-13-9-15(20)5-6-16(13)22-17;19-14-6-7-15-12(10-14)11-16(20-15)17(22)21-18(8-9-18)13-4-2-1-3-5-13;2*1-11(12-5-3-2-4-6-12)19-17(21)16-10-13-9-14(18)7-8-15(13)20-16;1-9(11-7-17-20(2)8-11)18-15(21)14-6-10-5-12(16)3-4-13(10)19-14/h5-6,9-12,22H,2-4,7-8H2,1H3,(H,23,25);1-7,10-11,20H,8-9H2,(H,21,22);2-11,20H,1H3,(H,19,21);2-9,11,16,20H,10H2,1H3,(H,19,21);3-9,19H,1-2H3,(H,18,21)/t;;11-;11-,16?;/m..11./s1. The second-order valence-corrected chi connectivity index (χ2v) is 31.8. The van der Waals surface area contributed by atoms with E-state index >= 15 is 0 Å². The van der Waals surface area contributed by atoms with E-state index in [0.29, 0.717) is 39.2 Å². The minimum absolute atomic E-state index is 0.00667. The molecule has 6 aromatic heterocycles. The first-order valence-electron chi connectivity index (χ1n) is 36.4. The lowest BCUT2D eigenvalue weighted by atomic mass is 9.77. The minimum Gasteiger partial charge on any atom is -0.373 e. The number of rotatable bonds is 15. The second-order valence-electron chi connectivity index (χ2n) is 28.2. The molecule has 1 aliphatic heterocycles. The Labute approximate surface area is 672 Å². The Kier molecular flexibility index (Phi) is 24.4. The maximum absolute atomic E-state index is 13.0. The number of amides is 5. The first-order chi connectivity index (χ1) is 53.0. The maximum Gasteiger partial charge on any atom is 0.268 e. The van der Waals surface area contributed by atoms with Gasteiger partial charge < -0.3 is 51.8 Å². The summed E-state index contributed by atoms with van der Waals surface area (Å²) in [5.41, 5.74) is 13.1. The van der Waals surface area contributed by atoms with Crippen molar-refractivity contribution in [2.45, 2.75) is 107 Å². The highest BCUT2D eigenvalue weighted by Gasteiger charge is 2.46. The van der Waals surface area contributed by atoms with Gasteiger partial charge in [-0.3, -0.25) is 33.3 Å². The zero-order valence-corrected chi connectivity index (χ0v) is 67.4. The zero-order chi connectivity index (χ0) is 77.2. The topological polar surface area (TPSA) is 256 Å². The number of aromatic amines is 4. The number of aromatic nitrogens is 8.